The summed E-state index contributed by atoms with van der Waals surface area (Å²) in [5, 5.41) is 0.235. The lowest BCUT2D eigenvalue weighted by atomic mass is 10.2. The first-order valence-corrected chi connectivity index (χ1v) is 7.24. The number of alkyl halides is 3. The number of nitrogens with two attached hydrogens (primary N) is 1. The van der Waals surface area contributed by atoms with E-state index in [9.17, 15) is 22.8 Å². The fourth-order valence-electron chi connectivity index (χ4n) is 1.79. The van der Waals surface area contributed by atoms with Crippen LogP contribution < -0.4 is 10.6 Å². The highest BCUT2D eigenvalue weighted by Gasteiger charge is 2.34. The van der Waals surface area contributed by atoms with Gasteiger partial charge in [-0.25, -0.2) is 4.98 Å². The molecule has 1 heterocycles. The number of likely N-dealkylation sites (N-methyl/N-ethyl adjacent to an activating group) is 1. The number of benzene rings is 1. The fourth-order valence-corrected chi connectivity index (χ4v) is 2.47. The molecule has 0 bridgehead atoms. The van der Waals surface area contributed by atoms with Crippen LogP contribution in [-0.2, 0) is 17.4 Å². The lowest BCUT2D eigenvalue weighted by molar-refractivity contribution is -0.137. The van der Waals surface area contributed by atoms with Crippen LogP contribution >= 0.6 is 11.3 Å². The minimum atomic E-state index is -4.51. The summed E-state index contributed by atoms with van der Waals surface area (Å²) in [5.74, 6) is -1.01. The van der Waals surface area contributed by atoms with E-state index in [1.807, 2.05) is 0 Å². The number of carbonyl (C=O) groups is 2. The van der Waals surface area contributed by atoms with Gasteiger partial charge >= 0.3 is 6.18 Å². The van der Waals surface area contributed by atoms with Gasteiger partial charge in [-0.3, -0.25) is 9.59 Å². The topological polar surface area (TPSA) is 76.3 Å². The SMILES string of the molecule is CN(C(=O)Cc1csc(C(F)(F)F)n1)c1ccc(C(N)=O)cc1. The van der Waals surface area contributed by atoms with Crippen molar-refractivity contribution in [2.75, 3.05) is 11.9 Å². The van der Waals surface area contributed by atoms with E-state index >= 15 is 0 Å². The number of carbonyl (C=O) groups excluding carboxylic acids is 2. The van der Waals surface area contributed by atoms with E-state index in [-0.39, 0.29) is 12.1 Å². The highest BCUT2D eigenvalue weighted by atomic mass is 32.1. The van der Waals surface area contributed by atoms with E-state index in [1.165, 1.54) is 41.6 Å². The predicted molar refractivity (Wildman–Crippen MR) is 79.2 cm³/mol. The van der Waals surface area contributed by atoms with Crippen LogP contribution in [0.5, 0.6) is 0 Å². The number of thiazole rings is 1. The van der Waals surface area contributed by atoms with E-state index in [2.05, 4.69) is 4.98 Å². The van der Waals surface area contributed by atoms with E-state index in [0.717, 1.165) is 0 Å². The lowest BCUT2D eigenvalue weighted by Gasteiger charge is -2.17. The molecule has 1 aromatic carbocycles. The molecule has 1 aromatic heterocycles. The molecule has 0 fully saturated rings. The third-order valence-corrected chi connectivity index (χ3v) is 3.98. The normalized spacial score (nSPS) is 11.3. The molecule has 0 aliphatic carbocycles. The maximum absolute atomic E-state index is 12.5. The molecule has 122 valence electrons. The first-order chi connectivity index (χ1) is 10.7. The van der Waals surface area contributed by atoms with Crippen LogP contribution in [0.25, 0.3) is 0 Å². The van der Waals surface area contributed by atoms with Gasteiger partial charge in [0.05, 0.1) is 12.1 Å². The molecule has 0 aliphatic rings. The van der Waals surface area contributed by atoms with E-state index in [1.54, 1.807) is 0 Å². The number of aromatic nitrogens is 1. The van der Waals surface area contributed by atoms with Gasteiger partial charge in [0, 0.05) is 23.7 Å². The van der Waals surface area contributed by atoms with Crippen LogP contribution in [0.3, 0.4) is 0 Å². The molecule has 0 saturated carbocycles. The summed E-state index contributed by atoms with van der Waals surface area (Å²) in [6, 6.07) is 5.98. The van der Waals surface area contributed by atoms with Crippen LogP contribution in [0.15, 0.2) is 29.6 Å². The summed E-state index contributed by atoms with van der Waals surface area (Å²) in [5.41, 5.74) is 5.97. The Bertz CT molecular complexity index is 726. The van der Waals surface area contributed by atoms with Crippen LogP contribution in [0.4, 0.5) is 18.9 Å². The number of amides is 2. The van der Waals surface area contributed by atoms with Crippen molar-refractivity contribution in [3.63, 3.8) is 0 Å². The quantitative estimate of drug-likeness (QED) is 0.926. The molecule has 23 heavy (non-hydrogen) atoms. The standard InChI is InChI=1S/C14H12F3N3O2S/c1-20(10-4-2-8(3-5-10)12(18)22)11(21)6-9-7-23-13(19-9)14(15,16)17/h2-5,7H,6H2,1H3,(H2,18,22). The summed E-state index contributed by atoms with van der Waals surface area (Å²) < 4.78 is 37.4. The molecule has 2 N–H and O–H groups in total. The Kier molecular flexibility index (Phi) is 4.69. The number of nitrogens with zero attached hydrogens (tertiary/aromatic N) is 2. The zero-order valence-corrected chi connectivity index (χ0v) is 12.7. The van der Waals surface area contributed by atoms with Crippen LogP contribution in [0.2, 0.25) is 0 Å². The number of anilines is 1. The summed E-state index contributed by atoms with van der Waals surface area (Å²) >= 11 is 0.453. The van der Waals surface area contributed by atoms with Crippen molar-refractivity contribution >= 4 is 28.8 Å². The largest absolute Gasteiger partial charge is 0.443 e. The minimum Gasteiger partial charge on any atom is -0.366 e. The number of hydrogen-bond donors (Lipinski definition) is 1. The Hall–Kier alpha value is -2.42. The molecule has 2 amide bonds. The van der Waals surface area contributed by atoms with Crippen molar-refractivity contribution in [2.24, 2.45) is 5.73 Å². The summed E-state index contributed by atoms with van der Waals surface area (Å²) in [4.78, 5) is 27.8. The summed E-state index contributed by atoms with van der Waals surface area (Å²) in [6.07, 6.45) is -4.76. The van der Waals surface area contributed by atoms with Crippen molar-refractivity contribution in [2.45, 2.75) is 12.6 Å². The van der Waals surface area contributed by atoms with Crippen molar-refractivity contribution in [3.05, 3.63) is 45.9 Å². The van der Waals surface area contributed by atoms with Crippen LogP contribution in [-0.4, -0.2) is 23.8 Å². The van der Waals surface area contributed by atoms with Gasteiger partial charge in [0.1, 0.15) is 0 Å². The number of rotatable bonds is 4. The Morgan fingerprint density at radius 1 is 1.26 bits per heavy atom. The smallest absolute Gasteiger partial charge is 0.366 e. The van der Waals surface area contributed by atoms with Gasteiger partial charge in [0.2, 0.25) is 11.8 Å². The Morgan fingerprint density at radius 3 is 2.35 bits per heavy atom. The van der Waals surface area contributed by atoms with E-state index in [0.29, 0.717) is 22.6 Å². The Balaban J connectivity index is 2.08. The minimum absolute atomic E-state index is 0.0629. The highest BCUT2D eigenvalue weighted by molar-refractivity contribution is 7.09. The van der Waals surface area contributed by atoms with Gasteiger partial charge < -0.3 is 10.6 Å². The molecule has 2 aromatic rings. The van der Waals surface area contributed by atoms with Crippen molar-refractivity contribution in [3.8, 4) is 0 Å². The summed E-state index contributed by atoms with van der Waals surface area (Å²) in [7, 11) is 1.48. The molecule has 9 heteroatoms. The molecule has 0 radical (unpaired) electrons. The predicted octanol–water partition coefficient (Wildman–Crippen LogP) is 2.47. The van der Waals surface area contributed by atoms with E-state index in [4.69, 9.17) is 5.73 Å². The molecular weight excluding hydrogens is 331 g/mol. The first kappa shape index (κ1) is 16.9. The molecule has 0 spiro atoms. The molecular formula is C14H12F3N3O2S. The van der Waals surface area contributed by atoms with Crippen LogP contribution in [0.1, 0.15) is 21.1 Å². The zero-order chi connectivity index (χ0) is 17.2. The van der Waals surface area contributed by atoms with Gasteiger partial charge in [0.25, 0.3) is 0 Å². The first-order valence-electron chi connectivity index (χ1n) is 6.36. The van der Waals surface area contributed by atoms with Gasteiger partial charge in [0.15, 0.2) is 5.01 Å². The second-order valence-electron chi connectivity index (χ2n) is 4.68. The molecule has 0 aliphatic heterocycles. The second kappa shape index (κ2) is 6.37. The molecule has 5 nitrogen and oxygen atoms in total. The Labute approximate surface area is 133 Å². The van der Waals surface area contributed by atoms with E-state index < -0.39 is 23.0 Å². The number of hydrogen-bond acceptors (Lipinski definition) is 4. The summed E-state index contributed by atoms with van der Waals surface area (Å²) in [6.45, 7) is 0. The van der Waals surface area contributed by atoms with Crippen molar-refractivity contribution in [1.82, 2.24) is 4.98 Å². The molecule has 2 rings (SSSR count). The zero-order valence-electron chi connectivity index (χ0n) is 11.9. The highest BCUT2D eigenvalue weighted by Crippen LogP contribution is 2.31. The Morgan fingerprint density at radius 2 is 1.87 bits per heavy atom. The maximum Gasteiger partial charge on any atom is 0.443 e. The van der Waals surface area contributed by atoms with Crippen molar-refractivity contribution < 1.29 is 22.8 Å². The molecule has 0 saturated heterocycles. The number of primary amides is 1. The second-order valence-corrected chi connectivity index (χ2v) is 5.54. The van der Waals surface area contributed by atoms with Crippen molar-refractivity contribution in [1.29, 1.82) is 0 Å². The lowest BCUT2D eigenvalue weighted by Crippen LogP contribution is -2.28. The monoisotopic (exact) mass is 343 g/mol. The van der Waals surface area contributed by atoms with Gasteiger partial charge in [-0.05, 0) is 24.3 Å². The molecule has 0 unspecified atom stereocenters. The molecule has 0 atom stereocenters. The van der Waals surface area contributed by atoms with Gasteiger partial charge in [-0.2, -0.15) is 13.2 Å². The van der Waals surface area contributed by atoms with Crippen LogP contribution in [0, 0.1) is 0 Å². The maximum atomic E-state index is 12.5. The average molecular weight is 343 g/mol. The van der Waals surface area contributed by atoms with Gasteiger partial charge in [-0.15, -0.1) is 11.3 Å². The number of halogens is 3. The van der Waals surface area contributed by atoms with Gasteiger partial charge in [-0.1, -0.05) is 0 Å². The fraction of sp³-hybridized carbons (Fsp3) is 0.214. The average Bonchev–Trinajstić information content (AvgIpc) is 2.95. The third kappa shape index (κ3) is 4.07. The third-order valence-electron chi connectivity index (χ3n) is 3.04.